The fourth-order valence-electron chi connectivity index (χ4n) is 5.02. The molecule has 0 saturated heterocycles. The predicted molar refractivity (Wildman–Crippen MR) is 134 cm³/mol. The number of thiazole rings is 1. The van der Waals surface area contributed by atoms with Crippen molar-refractivity contribution in [2.75, 3.05) is 19.6 Å². The molecule has 2 aromatic heterocycles. The first kappa shape index (κ1) is 23.3. The highest BCUT2D eigenvalue weighted by molar-refractivity contribution is 7.13. The molecule has 3 aromatic rings. The van der Waals surface area contributed by atoms with E-state index in [1.165, 1.54) is 11.3 Å². The number of fused-ring (bicyclic) bond motifs is 2. The topological polar surface area (TPSA) is 116 Å². The Morgan fingerprint density at radius 3 is 2.94 bits per heavy atom. The van der Waals surface area contributed by atoms with Crippen molar-refractivity contribution in [2.24, 2.45) is 5.73 Å². The third kappa shape index (κ3) is 4.70. The van der Waals surface area contributed by atoms with E-state index in [-0.39, 0.29) is 23.9 Å². The number of nitrogens with two attached hydrogens (primary N) is 1. The van der Waals surface area contributed by atoms with Crippen LogP contribution in [0.15, 0.2) is 24.3 Å². The second-order valence-electron chi connectivity index (χ2n) is 8.95. The molecule has 1 aliphatic carbocycles. The van der Waals surface area contributed by atoms with Crippen LogP contribution in [0.5, 0.6) is 0 Å². The van der Waals surface area contributed by atoms with Gasteiger partial charge in [-0.25, -0.2) is 4.98 Å². The van der Waals surface area contributed by atoms with Crippen molar-refractivity contribution in [1.29, 1.82) is 0 Å². The van der Waals surface area contributed by atoms with Crippen LogP contribution in [0.1, 0.15) is 56.5 Å². The van der Waals surface area contributed by atoms with Crippen LogP contribution in [0.3, 0.4) is 0 Å². The van der Waals surface area contributed by atoms with Crippen LogP contribution in [0.4, 0.5) is 0 Å². The Kier molecular flexibility index (Phi) is 6.87. The number of hydrogen-bond acceptors (Lipinski definition) is 6. The van der Waals surface area contributed by atoms with E-state index < -0.39 is 0 Å². The molecule has 0 unspecified atom stereocenters. The molecule has 3 heterocycles. The van der Waals surface area contributed by atoms with E-state index in [0.29, 0.717) is 28.8 Å². The fraction of sp³-hybridized carbons (Fsp3) is 0.458. The maximum atomic E-state index is 13.6. The maximum absolute atomic E-state index is 13.6. The Hall–Kier alpha value is -2.46. The number of nitrogens with one attached hydrogen (secondary N) is 3. The zero-order chi connectivity index (χ0) is 23.7. The minimum atomic E-state index is -0.180. The van der Waals surface area contributed by atoms with Crippen LogP contribution < -0.4 is 16.4 Å². The van der Waals surface area contributed by atoms with Gasteiger partial charge in [-0.2, -0.15) is 0 Å². The number of carbonyl (C=O) groups is 2. The van der Waals surface area contributed by atoms with Crippen molar-refractivity contribution < 1.29 is 9.59 Å². The number of hydrogen-bond donors (Lipinski definition) is 4. The summed E-state index contributed by atoms with van der Waals surface area (Å²) in [7, 11) is 0. The second kappa shape index (κ2) is 10.0. The molecule has 0 bridgehead atoms. The lowest BCUT2D eigenvalue weighted by atomic mass is 9.88. The molecule has 1 fully saturated rings. The highest BCUT2D eigenvalue weighted by Crippen LogP contribution is 2.28. The van der Waals surface area contributed by atoms with Gasteiger partial charge in [0.25, 0.3) is 11.8 Å². The summed E-state index contributed by atoms with van der Waals surface area (Å²) in [5, 5.41) is 8.56. The van der Waals surface area contributed by atoms with Crippen molar-refractivity contribution in [3.8, 4) is 0 Å². The van der Waals surface area contributed by atoms with E-state index in [2.05, 4.69) is 20.6 Å². The number of nitrogens with zero attached hydrogens (tertiary/aromatic N) is 2. The Morgan fingerprint density at radius 2 is 2.12 bits per heavy atom. The van der Waals surface area contributed by atoms with Gasteiger partial charge >= 0.3 is 0 Å². The van der Waals surface area contributed by atoms with Crippen LogP contribution in [-0.2, 0) is 13.0 Å². The van der Waals surface area contributed by atoms with Crippen molar-refractivity contribution in [3.63, 3.8) is 0 Å². The SMILES string of the molecule is NCCN(C(=O)c1nc2c(s1)CNCC2)[C@@H]1CCCC[C@@H]1NC(=O)c1cc2cc(Cl)ccc2[nH]1. The summed E-state index contributed by atoms with van der Waals surface area (Å²) in [4.78, 5) is 37.5. The molecule has 34 heavy (non-hydrogen) atoms. The van der Waals surface area contributed by atoms with Crippen LogP contribution in [0.25, 0.3) is 10.9 Å². The van der Waals surface area contributed by atoms with E-state index in [4.69, 9.17) is 17.3 Å². The van der Waals surface area contributed by atoms with Gasteiger partial charge in [-0.1, -0.05) is 24.4 Å². The zero-order valence-corrected chi connectivity index (χ0v) is 20.5. The molecule has 0 spiro atoms. The van der Waals surface area contributed by atoms with Gasteiger partial charge in [0.05, 0.1) is 11.7 Å². The predicted octanol–water partition coefficient (Wildman–Crippen LogP) is 3.07. The lowest BCUT2D eigenvalue weighted by Gasteiger charge is -2.39. The molecular weight excluding hydrogens is 472 g/mol. The summed E-state index contributed by atoms with van der Waals surface area (Å²) in [6.07, 6.45) is 4.49. The average molecular weight is 501 g/mol. The fourth-order valence-corrected chi connectivity index (χ4v) is 6.24. The highest BCUT2D eigenvalue weighted by atomic mass is 35.5. The molecule has 2 amide bonds. The van der Waals surface area contributed by atoms with Gasteiger partial charge in [-0.15, -0.1) is 11.3 Å². The zero-order valence-electron chi connectivity index (χ0n) is 18.9. The van der Waals surface area contributed by atoms with Crippen LogP contribution in [-0.4, -0.2) is 58.4 Å². The number of aromatic amines is 1. The average Bonchev–Trinajstić information content (AvgIpc) is 3.46. The first-order chi connectivity index (χ1) is 16.5. The van der Waals surface area contributed by atoms with E-state index in [0.717, 1.165) is 66.7 Å². The monoisotopic (exact) mass is 500 g/mol. The van der Waals surface area contributed by atoms with Gasteiger partial charge in [0.2, 0.25) is 0 Å². The van der Waals surface area contributed by atoms with Crippen molar-refractivity contribution in [3.05, 3.63) is 50.6 Å². The van der Waals surface area contributed by atoms with Crippen LogP contribution in [0, 0.1) is 0 Å². The Balaban J connectivity index is 1.36. The number of rotatable bonds is 6. The smallest absolute Gasteiger partial charge is 0.283 e. The third-order valence-corrected chi connectivity index (χ3v) is 8.01. The molecule has 180 valence electrons. The van der Waals surface area contributed by atoms with Crippen LogP contribution >= 0.6 is 22.9 Å². The molecule has 1 aliphatic heterocycles. The third-order valence-electron chi connectivity index (χ3n) is 6.69. The number of H-pyrrole nitrogens is 1. The van der Waals surface area contributed by atoms with Crippen molar-refractivity contribution >= 4 is 45.7 Å². The molecule has 8 nitrogen and oxygen atoms in total. The summed E-state index contributed by atoms with van der Waals surface area (Å²) in [6.45, 7) is 2.43. The van der Waals surface area contributed by atoms with Gasteiger partial charge in [0.15, 0.2) is 5.01 Å². The largest absolute Gasteiger partial charge is 0.351 e. The summed E-state index contributed by atoms with van der Waals surface area (Å²) in [5.41, 5.74) is 8.28. The molecule has 1 aromatic carbocycles. The van der Waals surface area contributed by atoms with Crippen molar-refractivity contribution in [2.45, 2.75) is 50.7 Å². The number of benzene rings is 1. The normalized spacial score (nSPS) is 20.2. The standard InChI is InChI=1S/C24H29ClN6O2S/c25-15-5-6-16-14(11-15)12-19(28-16)22(32)29-17-3-1-2-4-20(17)31(10-8-26)24(33)23-30-18-7-9-27-13-21(18)34-23/h5-6,11-12,17,20,27-28H,1-4,7-10,13,26H2,(H,29,32)/t17-,20+/m0/s1. The Bertz CT molecular complexity index is 1180. The molecule has 2 aliphatic rings. The molecule has 0 radical (unpaired) electrons. The first-order valence-electron chi connectivity index (χ1n) is 11.8. The first-order valence-corrected chi connectivity index (χ1v) is 13.0. The summed E-state index contributed by atoms with van der Waals surface area (Å²) in [6, 6.07) is 7.03. The number of carbonyl (C=O) groups excluding carboxylic acids is 2. The summed E-state index contributed by atoms with van der Waals surface area (Å²) < 4.78 is 0. The van der Waals surface area contributed by atoms with Gasteiger partial charge in [0, 0.05) is 59.4 Å². The van der Waals surface area contributed by atoms with E-state index in [1.807, 2.05) is 23.1 Å². The lowest BCUT2D eigenvalue weighted by Crippen LogP contribution is -2.56. The number of amides is 2. The van der Waals surface area contributed by atoms with Gasteiger partial charge in [0.1, 0.15) is 5.69 Å². The minimum absolute atomic E-state index is 0.0868. The molecule has 5 rings (SSSR count). The molecule has 10 heteroatoms. The molecule has 2 atom stereocenters. The summed E-state index contributed by atoms with van der Waals surface area (Å²) >= 11 is 7.56. The molecular formula is C24H29ClN6O2S. The maximum Gasteiger partial charge on any atom is 0.283 e. The van der Waals surface area contributed by atoms with Gasteiger partial charge in [-0.3, -0.25) is 9.59 Å². The summed E-state index contributed by atoms with van der Waals surface area (Å²) in [5.74, 6) is -0.267. The number of aromatic nitrogens is 2. The van der Waals surface area contributed by atoms with E-state index >= 15 is 0 Å². The molecule has 5 N–H and O–H groups in total. The van der Waals surface area contributed by atoms with Crippen molar-refractivity contribution in [1.82, 2.24) is 25.5 Å². The number of halogens is 1. The Morgan fingerprint density at radius 1 is 1.26 bits per heavy atom. The Labute approximate surface area is 207 Å². The molecule has 1 saturated carbocycles. The van der Waals surface area contributed by atoms with Gasteiger partial charge in [-0.05, 0) is 37.1 Å². The highest BCUT2D eigenvalue weighted by Gasteiger charge is 2.35. The quantitative estimate of drug-likeness (QED) is 0.415. The van der Waals surface area contributed by atoms with E-state index in [1.54, 1.807) is 6.07 Å². The lowest BCUT2D eigenvalue weighted by molar-refractivity contribution is 0.0566. The van der Waals surface area contributed by atoms with Gasteiger partial charge < -0.3 is 26.3 Å². The second-order valence-corrected chi connectivity index (χ2v) is 10.5. The van der Waals surface area contributed by atoms with Crippen LogP contribution in [0.2, 0.25) is 5.02 Å². The minimum Gasteiger partial charge on any atom is -0.351 e. The van der Waals surface area contributed by atoms with E-state index in [9.17, 15) is 9.59 Å².